The van der Waals surface area contributed by atoms with E-state index in [0.717, 1.165) is 6.42 Å². The molecular weight excluding hydrogens is 483 g/mol. The van der Waals surface area contributed by atoms with E-state index in [1.54, 1.807) is 0 Å². The number of amides is 1. The second kappa shape index (κ2) is 8.85. The Hall–Kier alpha value is -2.89. The second-order valence-electron chi connectivity index (χ2n) is 10.9. The van der Waals surface area contributed by atoms with Gasteiger partial charge in [-0.1, -0.05) is 6.92 Å². The minimum absolute atomic E-state index is 0.0163. The van der Waals surface area contributed by atoms with Crippen molar-refractivity contribution >= 4 is 28.9 Å². The normalized spacial score (nSPS) is 34.6. The van der Waals surface area contributed by atoms with Crippen LogP contribution in [0.1, 0.15) is 66.6 Å². The van der Waals surface area contributed by atoms with E-state index in [0.29, 0.717) is 19.5 Å². The number of anilines is 1. The molecule has 10 nitrogen and oxygen atoms in total. The number of fused-ring (bicyclic) bond motifs is 4. The number of nitrogens with one attached hydrogen (secondary N) is 3. The van der Waals surface area contributed by atoms with E-state index < -0.39 is 70.1 Å². The average molecular weight is 517 g/mol. The van der Waals surface area contributed by atoms with Crippen molar-refractivity contribution in [3.63, 3.8) is 0 Å². The highest BCUT2D eigenvalue weighted by Gasteiger charge is 2.68. The Labute approximate surface area is 213 Å². The van der Waals surface area contributed by atoms with Crippen molar-refractivity contribution in [2.24, 2.45) is 23.5 Å². The van der Waals surface area contributed by atoms with Crippen molar-refractivity contribution in [1.29, 1.82) is 0 Å². The SMILES string of the molecule is CCCNC1CCNc2c(O)c3c(c(F)c21)CC1CC2(NC)CC(=O)C(C(N)=O)CC2(O)C(=O)C1C3=O. The summed E-state index contributed by atoms with van der Waals surface area (Å²) in [6, 6.07) is -0.344. The first-order valence-corrected chi connectivity index (χ1v) is 12.9. The lowest BCUT2D eigenvalue weighted by Gasteiger charge is -2.57. The fraction of sp³-hybridized carbons (Fsp3) is 0.615. The van der Waals surface area contributed by atoms with Crippen LogP contribution in [0.25, 0.3) is 0 Å². The fourth-order valence-electron chi connectivity index (χ4n) is 7.13. The minimum atomic E-state index is -2.21. The average Bonchev–Trinajstić information content (AvgIpc) is 2.86. The summed E-state index contributed by atoms with van der Waals surface area (Å²) in [5, 5.41) is 32.1. The summed E-state index contributed by atoms with van der Waals surface area (Å²) in [7, 11) is 1.51. The topological polar surface area (TPSA) is 171 Å². The molecule has 7 N–H and O–H groups in total. The predicted octanol–water partition coefficient (Wildman–Crippen LogP) is 0.485. The zero-order chi connectivity index (χ0) is 26.9. The largest absolute Gasteiger partial charge is 0.505 e. The predicted molar refractivity (Wildman–Crippen MR) is 131 cm³/mol. The van der Waals surface area contributed by atoms with Gasteiger partial charge < -0.3 is 31.9 Å². The Balaban J connectivity index is 1.62. The van der Waals surface area contributed by atoms with Gasteiger partial charge in [-0.15, -0.1) is 0 Å². The van der Waals surface area contributed by atoms with E-state index in [1.807, 2.05) is 6.92 Å². The van der Waals surface area contributed by atoms with Crippen molar-refractivity contribution in [2.75, 3.05) is 25.5 Å². The van der Waals surface area contributed by atoms with E-state index in [9.17, 15) is 29.4 Å². The van der Waals surface area contributed by atoms with Gasteiger partial charge in [0.1, 0.15) is 23.0 Å². The molecule has 2 fully saturated rings. The summed E-state index contributed by atoms with van der Waals surface area (Å²) in [4.78, 5) is 52.3. The molecule has 6 unspecified atom stereocenters. The lowest BCUT2D eigenvalue weighted by atomic mass is 9.50. The van der Waals surface area contributed by atoms with Gasteiger partial charge in [-0.3, -0.25) is 19.2 Å². The quantitative estimate of drug-likeness (QED) is 0.241. The van der Waals surface area contributed by atoms with Gasteiger partial charge in [0.05, 0.1) is 28.6 Å². The van der Waals surface area contributed by atoms with Crippen molar-refractivity contribution in [3.05, 3.63) is 22.5 Å². The maximum atomic E-state index is 16.1. The molecule has 11 heteroatoms. The monoisotopic (exact) mass is 516 g/mol. The van der Waals surface area contributed by atoms with Gasteiger partial charge in [0, 0.05) is 36.6 Å². The number of aromatic hydroxyl groups is 1. The summed E-state index contributed by atoms with van der Waals surface area (Å²) in [5.74, 6) is -7.41. The van der Waals surface area contributed by atoms with Crippen molar-refractivity contribution in [3.8, 4) is 5.75 Å². The summed E-state index contributed by atoms with van der Waals surface area (Å²) in [6.07, 6.45) is 0.602. The number of nitrogens with two attached hydrogens (primary N) is 1. The van der Waals surface area contributed by atoms with E-state index in [4.69, 9.17) is 5.73 Å². The first-order valence-electron chi connectivity index (χ1n) is 12.9. The van der Waals surface area contributed by atoms with E-state index in [-0.39, 0.29) is 47.7 Å². The smallest absolute Gasteiger partial charge is 0.228 e. The van der Waals surface area contributed by atoms with Gasteiger partial charge in [0.15, 0.2) is 11.6 Å². The van der Waals surface area contributed by atoms with Gasteiger partial charge >= 0.3 is 0 Å². The van der Waals surface area contributed by atoms with Gasteiger partial charge in [0.2, 0.25) is 5.91 Å². The summed E-state index contributed by atoms with van der Waals surface area (Å²) in [5.41, 5.74) is 1.98. The molecule has 0 spiro atoms. The summed E-state index contributed by atoms with van der Waals surface area (Å²) < 4.78 is 16.1. The fourth-order valence-corrected chi connectivity index (χ4v) is 7.13. The number of primary amides is 1. The maximum Gasteiger partial charge on any atom is 0.228 e. The second-order valence-corrected chi connectivity index (χ2v) is 10.9. The molecule has 1 aromatic rings. The number of carbonyl (C=O) groups excluding carboxylic acids is 4. The Morgan fingerprint density at radius 3 is 2.65 bits per heavy atom. The zero-order valence-electron chi connectivity index (χ0n) is 20.9. The van der Waals surface area contributed by atoms with Crippen LogP contribution in [0.3, 0.4) is 0 Å². The van der Waals surface area contributed by atoms with Crippen LogP contribution in [0, 0.1) is 23.6 Å². The first kappa shape index (κ1) is 25.7. The van der Waals surface area contributed by atoms with Crippen molar-refractivity contribution < 1.29 is 33.8 Å². The maximum absolute atomic E-state index is 16.1. The van der Waals surface area contributed by atoms with Crippen LogP contribution in [-0.4, -0.2) is 64.7 Å². The Morgan fingerprint density at radius 2 is 2.00 bits per heavy atom. The highest BCUT2D eigenvalue weighted by atomic mass is 19.1. The molecule has 37 heavy (non-hydrogen) atoms. The lowest BCUT2D eigenvalue weighted by molar-refractivity contribution is -0.176. The van der Waals surface area contributed by atoms with Gasteiger partial charge in [0.25, 0.3) is 0 Å². The number of aliphatic hydroxyl groups is 1. The highest BCUT2D eigenvalue weighted by Crippen LogP contribution is 2.54. The van der Waals surface area contributed by atoms with Gasteiger partial charge in [-0.25, -0.2) is 4.39 Å². The number of phenols is 1. The third-order valence-corrected chi connectivity index (χ3v) is 9.02. The first-order chi connectivity index (χ1) is 17.5. The van der Waals surface area contributed by atoms with Gasteiger partial charge in [-0.2, -0.15) is 0 Å². The van der Waals surface area contributed by atoms with Crippen LogP contribution >= 0.6 is 0 Å². The van der Waals surface area contributed by atoms with E-state index in [1.165, 1.54) is 7.05 Å². The van der Waals surface area contributed by atoms with Crippen LogP contribution < -0.4 is 21.7 Å². The molecule has 0 bridgehead atoms. The van der Waals surface area contributed by atoms with Crippen LogP contribution in [0.15, 0.2) is 0 Å². The van der Waals surface area contributed by atoms with Crippen LogP contribution in [-0.2, 0) is 20.8 Å². The third kappa shape index (κ3) is 3.47. The number of carbonyl (C=O) groups is 4. The number of phenolic OH excluding ortho intramolecular Hbond substituents is 1. The third-order valence-electron chi connectivity index (χ3n) is 9.02. The van der Waals surface area contributed by atoms with Gasteiger partial charge in [-0.05, 0) is 45.2 Å². The lowest BCUT2D eigenvalue weighted by Crippen LogP contribution is -2.76. The Kier molecular flexibility index (Phi) is 6.16. The van der Waals surface area contributed by atoms with E-state index >= 15 is 4.39 Å². The number of hydrogen-bond donors (Lipinski definition) is 6. The molecule has 0 aromatic heterocycles. The number of halogens is 1. The number of likely N-dealkylation sites (N-methyl/N-ethyl adjacent to an activating group) is 1. The Bertz CT molecular complexity index is 1220. The number of Topliss-reactive ketones (excluding diaryl/α,β-unsaturated/α-hetero) is 3. The van der Waals surface area contributed by atoms with Crippen molar-refractivity contribution in [2.45, 2.75) is 62.6 Å². The molecule has 3 aliphatic carbocycles. The van der Waals surface area contributed by atoms with E-state index in [2.05, 4.69) is 16.0 Å². The van der Waals surface area contributed by atoms with Crippen LogP contribution in [0.5, 0.6) is 5.75 Å². The molecule has 6 atom stereocenters. The summed E-state index contributed by atoms with van der Waals surface area (Å²) in [6.45, 7) is 3.12. The highest BCUT2D eigenvalue weighted by molar-refractivity contribution is 6.18. The number of hydrogen-bond acceptors (Lipinski definition) is 9. The summed E-state index contributed by atoms with van der Waals surface area (Å²) >= 11 is 0. The molecule has 1 aliphatic heterocycles. The molecule has 1 aromatic carbocycles. The zero-order valence-corrected chi connectivity index (χ0v) is 20.9. The molecular formula is C26H33FN4O6. The molecule has 200 valence electrons. The van der Waals surface area contributed by atoms with Crippen molar-refractivity contribution in [1.82, 2.24) is 10.6 Å². The van der Waals surface area contributed by atoms with Crippen LogP contribution in [0.4, 0.5) is 10.1 Å². The molecule has 1 amide bonds. The molecule has 1 heterocycles. The number of rotatable bonds is 5. The molecule has 5 rings (SSSR count). The molecule has 4 aliphatic rings. The molecule has 0 saturated heterocycles. The standard InChI is InChI=1S/C26H33FN4O6/c1-3-5-30-14-4-6-31-20-18(14)19(27)12-7-11-8-25(29-2)10-15(32)13(24(28)36)9-26(25,37)23(35)16(11)21(33)17(12)22(20)34/h11,13-14,16,29-31,34,37H,3-10H2,1-2H3,(H2,28,36). The minimum Gasteiger partial charge on any atom is -0.505 e. The Morgan fingerprint density at radius 1 is 1.27 bits per heavy atom. The van der Waals surface area contributed by atoms with Crippen LogP contribution in [0.2, 0.25) is 0 Å². The number of benzene rings is 1. The number of ketones is 3. The molecule has 0 radical (unpaired) electrons. The molecule has 2 saturated carbocycles.